The van der Waals surface area contributed by atoms with Crippen LogP contribution in [0, 0.1) is 5.41 Å². The highest BCUT2D eigenvalue weighted by atomic mass is 32.3. The zero-order valence-electron chi connectivity index (χ0n) is 9.01. The highest BCUT2D eigenvalue weighted by Crippen LogP contribution is 1.94. The second-order valence-corrected chi connectivity index (χ2v) is 3.00. The fraction of sp³-hybridized carbons (Fsp3) is 0. The van der Waals surface area contributed by atoms with Gasteiger partial charge in [-0.2, -0.15) is 0 Å². The molecule has 0 saturated carbocycles. The van der Waals surface area contributed by atoms with Crippen molar-refractivity contribution in [3.8, 4) is 0 Å². The van der Waals surface area contributed by atoms with Gasteiger partial charge in [0.25, 0.3) is 0 Å². The summed E-state index contributed by atoms with van der Waals surface area (Å²) < 4.78 is 34.1. The fourth-order valence-electron chi connectivity index (χ4n) is 0.618. The molecular formula is C7H16N4O4S. The summed E-state index contributed by atoms with van der Waals surface area (Å²) in [5.41, 5.74) is 5.97. The Balaban J connectivity index is -0.000000214. The van der Waals surface area contributed by atoms with Gasteiger partial charge in [-0.3, -0.25) is 13.8 Å². The van der Waals surface area contributed by atoms with Gasteiger partial charge >= 0.3 is 0 Å². The molecule has 1 rings (SSSR count). The third-order valence-corrected chi connectivity index (χ3v) is 1.08. The first-order valence-corrected chi connectivity index (χ1v) is 4.70. The van der Waals surface area contributed by atoms with Crippen LogP contribution in [0.4, 0.5) is 0 Å². The Morgan fingerprint density at radius 1 is 1.12 bits per heavy atom. The number of hydrogen-bond acceptors (Lipinski definition) is 5. The molecule has 0 saturated heterocycles. The van der Waals surface area contributed by atoms with Crippen LogP contribution in [0.1, 0.15) is 5.56 Å². The number of hydrogen-bond donors (Lipinski definition) is 4. The van der Waals surface area contributed by atoms with Crippen LogP contribution in [0.15, 0.2) is 30.3 Å². The fourth-order valence-corrected chi connectivity index (χ4v) is 0.618. The number of benzene rings is 1. The van der Waals surface area contributed by atoms with Crippen molar-refractivity contribution in [2.75, 3.05) is 0 Å². The van der Waals surface area contributed by atoms with E-state index in [4.69, 9.17) is 28.7 Å². The first kappa shape index (κ1) is 20.0. The van der Waals surface area contributed by atoms with E-state index in [0.717, 1.165) is 5.56 Å². The standard InChI is InChI=1S/C7H8N2.2H3N.H2O4S/c8-7(9)6-4-2-1-3-5-6;;;1-5(2,3)4/h1-5H,(H3,8,9);2*1H3;(H2,1,2,3,4). The Labute approximate surface area is 93.7 Å². The van der Waals surface area contributed by atoms with Crippen LogP contribution in [-0.4, -0.2) is 23.4 Å². The van der Waals surface area contributed by atoms with Crippen LogP contribution in [0.2, 0.25) is 0 Å². The summed E-state index contributed by atoms with van der Waals surface area (Å²) >= 11 is 0. The average molecular weight is 252 g/mol. The van der Waals surface area contributed by atoms with Gasteiger partial charge < -0.3 is 27.1 Å². The van der Waals surface area contributed by atoms with Gasteiger partial charge in [0, 0.05) is 16.0 Å². The lowest BCUT2D eigenvalue weighted by Crippen LogP contribution is -2.10. The van der Waals surface area contributed by atoms with Gasteiger partial charge in [-0.15, -0.1) is 0 Å². The largest absolute Gasteiger partial charge is 0.759 e. The molecular weight excluding hydrogens is 236 g/mol. The SMILES string of the molecule is N=C(N)c1ccccc1.O=S(=O)([O-])[O-].[NH4+].[NH4+]. The van der Waals surface area contributed by atoms with Gasteiger partial charge in [0.05, 0.1) is 0 Å². The molecule has 0 amide bonds. The molecule has 11 N–H and O–H groups in total. The Morgan fingerprint density at radius 3 is 1.62 bits per heavy atom. The predicted octanol–water partition coefficient (Wildman–Crippen LogP) is 0.385. The first-order chi connectivity index (χ1) is 6.30. The summed E-state index contributed by atoms with van der Waals surface area (Å²) in [7, 11) is -5.17. The number of nitrogens with one attached hydrogen (secondary N) is 1. The molecule has 0 radical (unpaired) electrons. The lowest BCUT2D eigenvalue weighted by atomic mass is 10.2. The monoisotopic (exact) mass is 252 g/mol. The van der Waals surface area contributed by atoms with Crippen molar-refractivity contribution < 1.29 is 17.5 Å². The van der Waals surface area contributed by atoms with Crippen LogP contribution in [0.25, 0.3) is 0 Å². The van der Waals surface area contributed by atoms with Crippen molar-refractivity contribution in [3.05, 3.63) is 35.9 Å². The summed E-state index contributed by atoms with van der Waals surface area (Å²) in [6.45, 7) is 0. The topological polar surface area (TPSA) is 203 Å². The van der Waals surface area contributed by atoms with Crippen LogP contribution in [0.3, 0.4) is 0 Å². The van der Waals surface area contributed by atoms with E-state index in [-0.39, 0.29) is 18.1 Å². The van der Waals surface area contributed by atoms with Gasteiger partial charge in [-0.25, -0.2) is 0 Å². The van der Waals surface area contributed by atoms with E-state index < -0.39 is 10.4 Å². The molecule has 0 heterocycles. The second-order valence-electron chi connectivity index (χ2n) is 2.19. The van der Waals surface area contributed by atoms with Gasteiger partial charge in [0.15, 0.2) is 0 Å². The maximum absolute atomic E-state index is 8.52. The smallest absolute Gasteiger partial charge is 0.122 e. The number of nitrogens with two attached hydrogens (primary N) is 1. The average Bonchev–Trinajstić information content (AvgIpc) is 2.03. The van der Waals surface area contributed by atoms with E-state index in [1.807, 2.05) is 30.3 Å². The molecule has 8 nitrogen and oxygen atoms in total. The molecule has 0 aliphatic carbocycles. The van der Waals surface area contributed by atoms with Gasteiger partial charge in [-0.05, 0) is 0 Å². The quantitative estimate of drug-likeness (QED) is 0.241. The Morgan fingerprint density at radius 2 is 1.44 bits per heavy atom. The number of amidine groups is 1. The maximum Gasteiger partial charge on any atom is 0.122 e. The van der Waals surface area contributed by atoms with E-state index in [0.29, 0.717) is 0 Å². The summed E-state index contributed by atoms with van der Waals surface area (Å²) in [6, 6.07) is 9.23. The highest BCUT2D eigenvalue weighted by Gasteiger charge is 1.89. The summed E-state index contributed by atoms with van der Waals surface area (Å²) in [5.74, 6) is 0.121. The van der Waals surface area contributed by atoms with E-state index in [1.54, 1.807) is 0 Å². The molecule has 94 valence electrons. The van der Waals surface area contributed by atoms with E-state index >= 15 is 0 Å². The summed E-state index contributed by atoms with van der Waals surface area (Å²) in [6.07, 6.45) is 0. The molecule has 0 fully saturated rings. The molecule has 0 aliphatic heterocycles. The Bertz CT molecular complexity index is 384. The third kappa shape index (κ3) is 15.0. The van der Waals surface area contributed by atoms with Gasteiger partial charge in [0.1, 0.15) is 5.84 Å². The molecule has 0 unspecified atom stereocenters. The maximum atomic E-state index is 8.52. The minimum Gasteiger partial charge on any atom is -0.759 e. The van der Waals surface area contributed by atoms with Crippen LogP contribution < -0.4 is 18.0 Å². The molecule has 1 aromatic carbocycles. The number of nitrogen functional groups attached to an aromatic ring is 1. The molecule has 0 aliphatic rings. The molecule has 0 bridgehead atoms. The van der Waals surface area contributed by atoms with Crippen LogP contribution in [-0.2, 0) is 10.4 Å². The molecule has 0 spiro atoms. The summed E-state index contributed by atoms with van der Waals surface area (Å²) in [5, 5.41) is 7.01. The van der Waals surface area contributed by atoms with Crippen LogP contribution in [0.5, 0.6) is 0 Å². The van der Waals surface area contributed by atoms with E-state index in [9.17, 15) is 0 Å². The zero-order chi connectivity index (χ0) is 11.2. The zero-order valence-corrected chi connectivity index (χ0v) is 9.82. The normalized spacial score (nSPS) is 8.62. The van der Waals surface area contributed by atoms with Crippen molar-refractivity contribution >= 4 is 16.2 Å². The van der Waals surface area contributed by atoms with Crippen molar-refractivity contribution in [2.45, 2.75) is 0 Å². The Kier molecular flexibility index (Phi) is 10.9. The summed E-state index contributed by atoms with van der Waals surface area (Å²) in [4.78, 5) is 0. The molecule has 16 heavy (non-hydrogen) atoms. The molecule has 0 atom stereocenters. The minimum absolute atomic E-state index is 0. The lowest BCUT2D eigenvalue weighted by molar-refractivity contribution is 0.352. The predicted molar refractivity (Wildman–Crippen MR) is 59.9 cm³/mol. The second kappa shape index (κ2) is 8.76. The number of quaternary nitrogens is 2. The first-order valence-electron chi connectivity index (χ1n) is 3.37. The van der Waals surface area contributed by atoms with Crippen molar-refractivity contribution in [2.24, 2.45) is 5.73 Å². The molecule has 0 aromatic heterocycles. The van der Waals surface area contributed by atoms with Gasteiger partial charge in [-0.1, -0.05) is 30.3 Å². The van der Waals surface area contributed by atoms with Gasteiger partial charge in [0.2, 0.25) is 0 Å². The number of rotatable bonds is 1. The molecule has 9 heteroatoms. The van der Waals surface area contributed by atoms with Crippen LogP contribution >= 0.6 is 0 Å². The van der Waals surface area contributed by atoms with E-state index in [2.05, 4.69) is 0 Å². The van der Waals surface area contributed by atoms with Crippen molar-refractivity contribution in [3.63, 3.8) is 0 Å². The lowest BCUT2D eigenvalue weighted by Gasteiger charge is -2.06. The Hall–Kier alpha value is -1.52. The van der Waals surface area contributed by atoms with Crippen molar-refractivity contribution in [1.82, 2.24) is 12.3 Å². The third-order valence-electron chi connectivity index (χ3n) is 1.08. The molecule has 1 aromatic rings. The van der Waals surface area contributed by atoms with E-state index in [1.165, 1.54) is 0 Å². The minimum atomic E-state index is -5.17. The highest BCUT2D eigenvalue weighted by molar-refractivity contribution is 7.79. The van der Waals surface area contributed by atoms with Crippen molar-refractivity contribution in [1.29, 1.82) is 5.41 Å².